The van der Waals surface area contributed by atoms with Crippen molar-refractivity contribution in [1.29, 1.82) is 0 Å². The molecule has 1 heterocycles. The Morgan fingerprint density at radius 2 is 1.64 bits per heavy atom. The molecule has 1 saturated carbocycles. The minimum atomic E-state index is -0.670. The maximum Gasteiger partial charge on any atom is 0.186 e. The van der Waals surface area contributed by atoms with E-state index in [0.717, 1.165) is 25.7 Å². The van der Waals surface area contributed by atoms with E-state index in [0.29, 0.717) is 13.2 Å². The molecular weight excluding hydrogens is 144 g/mol. The Morgan fingerprint density at radius 1 is 1.09 bits per heavy atom. The van der Waals surface area contributed by atoms with Crippen molar-refractivity contribution >= 4 is 0 Å². The lowest BCUT2D eigenvalue weighted by Gasteiger charge is -2.27. The highest BCUT2D eigenvalue weighted by Gasteiger charge is 2.42. The molecule has 0 unspecified atom stereocenters. The summed E-state index contributed by atoms with van der Waals surface area (Å²) in [5.41, 5.74) is -0.670. The van der Waals surface area contributed by atoms with Gasteiger partial charge in [0, 0.05) is 0 Å². The zero-order valence-corrected chi connectivity index (χ0v) is 6.58. The number of rotatable bonds is 1. The van der Waals surface area contributed by atoms with Crippen LogP contribution < -0.4 is 0 Å². The first-order valence-corrected chi connectivity index (χ1v) is 4.27. The number of aliphatic hydroxyl groups is 1. The van der Waals surface area contributed by atoms with Gasteiger partial charge in [0.05, 0.1) is 13.2 Å². The van der Waals surface area contributed by atoms with Crippen molar-refractivity contribution in [2.24, 2.45) is 0 Å². The Kier molecular flexibility index (Phi) is 1.87. The standard InChI is InChI=1S/C8H14O3/c9-8(3-1-2-4-8)7-10-5-6-11-7/h7,9H,1-6H2. The Balaban J connectivity index is 2.00. The normalized spacial score (nSPS) is 31.4. The van der Waals surface area contributed by atoms with Crippen molar-refractivity contribution in [2.75, 3.05) is 13.2 Å². The van der Waals surface area contributed by atoms with Crippen LogP contribution in [0.2, 0.25) is 0 Å². The van der Waals surface area contributed by atoms with Gasteiger partial charge in [-0.15, -0.1) is 0 Å². The molecular formula is C8H14O3. The number of hydrogen-bond donors (Lipinski definition) is 1. The maximum absolute atomic E-state index is 9.94. The van der Waals surface area contributed by atoms with Crippen molar-refractivity contribution < 1.29 is 14.6 Å². The zero-order valence-electron chi connectivity index (χ0n) is 6.58. The molecule has 3 nitrogen and oxygen atoms in total. The van der Waals surface area contributed by atoms with Gasteiger partial charge in [-0.1, -0.05) is 12.8 Å². The van der Waals surface area contributed by atoms with Gasteiger partial charge >= 0.3 is 0 Å². The predicted molar refractivity (Wildman–Crippen MR) is 39.1 cm³/mol. The molecule has 1 aliphatic carbocycles. The quantitative estimate of drug-likeness (QED) is 0.609. The molecule has 1 aliphatic heterocycles. The summed E-state index contributed by atoms with van der Waals surface area (Å²) >= 11 is 0. The van der Waals surface area contributed by atoms with Crippen LogP contribution in [0.25, 0.3) is 0 Å². The minimum absolute atomic E-state index is 0.343. The van der Waals surface area contributed by atoms with E-state index in [9.17, 15) is 5.11 Å². The summed E-state index contributed by atoms with van der Waals surface area (Å²) in [6, 6.07) is 0. The van der Waals surface area contributed by atoms with Crippen molar-refractivity contribution in [3.63, 3.8) is 0 Å². The molecule has 0 atom stereocenters. The van der Waals surface area contributed by atoms with E-state index in [1.807, 2.05) is 0 Å². The van der Waals surface area contributed by atoms with Gasteiger partial charge in [0.15, 0.2) is 6.29 Å². The maximum atomic E-state index is 9.94. The van der Waals surface area contributed by atoms with Crippen LogP contribution in [0.3, 0.4) is 0 Å². The summed E-state index contributed by atoms with van der Waals surface area (Å²) in [5, 5.41) is 9.94. The topological polar surface area (TPSA) is 38.7 Å². The van der Waals surface area contributed by atoms with Gasteiger partial charge in [-0.05, 0) is 12.8 Å². The van der Waals surface area contributed by atoms with Crippen LogP contribution >= 0.6 is 0 Å². The smallest absolute Gasteiger partial charge is 0.186 e. The molecule has 0 amide bonds. The lowest BCUT2D eigenvalue weighted by Crippen LogP contribution is -2.40. The second-order valence-corrected chi connectivity index (χ2v) is 3.38. The van der Waals surface area contributed by atoms with Gasteiger partial charge in [-0.3, -0.25) is 0 Å². The van der Waals surface area contributed by atoms with Crippen LogP contribution in [0, 0.1) is 0 Å². The summed E-state index contributed by atoms with van der Waals surface area (Å²) in [5.74, 6) is 0. The van der Waals surface area contributed by atoms with Crippen LogP contribution in [-0.4, -0.2) is 30.2 Å². The molecule has 2 fully saturated rings. The average molecular weight is 158 g/mol. The Labute approximate surface area is 66.3 Å². The Hall–Kier alpha value is -0.120. The Bertz CT molecular complexity index is 134. The van der Waals surface area contributed by atoms with E-state index in [4.69, 9.17) is 9.47 Å². The highest BCUT2D eigenvalue weighted by molar-refractivity contribution is 4.88. The van der Waals surface area contributed by atoms with Crippen molar-refractivity contribution in [3.05, 3.63) is 0 Å². The van der Waals surface area contributed by atoms with E-state index in [1.54, 1.807) is 0 Å². The molecule has 2 aliphatic rings. The van der Waals surface area contributed by atoms with Crippen molar-refractivity contribution in [2.45, 2.75) is 37.6 Å². The van der Waals surface area contributed by atoms with Gasteiger partial charge < -0.3 is 14.6 Å². The molecule has 0 aromatic heterocycles. The SMILES string of the molecule is OC1(C2OCCO2)CCCC1. The molecule has 0 aromatic carbocycles. The lowest BCUT2D eigenvalue weighted by molar-refractivity contribution is -0.177. The first-order valence-electron chi connectivity index (χ1n) is 4.27. The molecule has 0 spiro atoms. The van der Waals surface area contributed by atoms with Crippen LogP contribution in [0.4, 0.5) is 0 Å². The van der Waals surface area contributed by atoms with E-state index < -0.39 is 5.60 Å². The van der Waals surface area contributed by atoms with Gasteiger partial charge in [0.1, 0.15) is 5.60 Å². The second kappa shape index (κ2) is 2.73. The van der Waals surface area contributed by atoms with Gasteiger partial charge in [-0.25, -0.2) is 0 Å². The minimum Gasteiger partial charge on any atom is -0.385 e. The third-order valence-electron chi connectivity index (χ3n) is 2.53. The average Bonchev–Trinajstić information content (AvgIpc) is 2.55. The largest absolute Gasteiger partial charge is 0.385 e. The van der Waals surface area contributed by atoms with Crippen LogP contribution in [0.5, 0.6) is 0 Å². The summed E-state index contributed by atoms with van der Waals surface area (Å²) in [7, 11) is 0. The molecule has 11 heavy (non-hydrogen) atoms. The molecule has 0 bridgehead atoms. The van der Waals surface area contributed by atoms with E-state index in [1.165, 1.54) is 0 Å². The fourth-order valence-corrected chi connectivity index (χ4v) is 1.89. The molecule has 64 valence electrons. The van der Waals surface area contributed by atoms with Crippen molar-refractivity contribution in [3.8, 4) is 0 Å². The van der Waals surface area contributed by atoms with Gasteiger partial charge in [-0.2, -0.15) is 0 Å². The summed E-state index contributed by atoms with van der Waals surface area (Å²) < 4.78 is 10.5. The third-order valence-corrected chi connectivity index (χ3v) is 2.53. The molecule has 1 N–H and O–H groups in total. The zero-order chi connectivity index (χ0) is 7.73. The molecule has 3 heteroatoms. The van der Waals surface area contributed by atoms with E-state index in [2.05, 4.69) is 0 Å². The summed E-state index contributed by atoms with van der Waals surface area (Å²) in [4.78, 5) is 0. The number of ether oxygens (including phenoxy) is 2. The lowest BCUT2D eigenvalue weighted by atomic mass is 10.0. The molecule has 0 aromatic rings. The van der Waals surface area contributed by atoms with Crippen LogP contribution in [0.15, 0.2) is 0 Å². The fraction of sp³-hybridized carbons (Fsp3) is 1.00. The fourth-order valence-electron chi connectivity index (χ4n) is 1.89. The third kappa shape index (κ3) is 1.28. The molecule has 1 saturated heterocycles. The van der Waals surface area contributed by atoms with E-state index >= 15 is 0 Å². The second-order valence-electron chi connectivity index (χ2n) is 3.38. The van der Waals surface area contributed by atoms with Gasteiger partial charge in [0.25, 0.3) is 0 Å². The first kappa shape index (κ1) is 7.53. The first-order chi connectivity index (χ1) is 5.31. The Morgan fingerprint density at radius 3 is 2.18 bits per heavy atom. The van der Waals surface area contributed by atoms with E-state index in [-0.39, 0.29) is 6.29 Å². The van der Waals surface area contributed by atoms with Crippen molar-refractivity contribution in [1.82, 2.24) is 0 Å². The summed E-state index contributed by atoms with van der Waals surface area (Å²) in [6.07, 6.45) is 3.51. The monoisotopic (exact) mass is 158 g/mol. The van der Waals surface area contributed by atoms with Crippen LogP contribution in [0.1, 0.15) is 25.7 Å². The molecule has 0 radical (unpaired) electrons. The highest BCUT2D eigenvalue weighted by Crippen LogP contribution is 2.35. The van der Waals surface area contributed by atoms with Crippen LogP contribution in [-0.2, 0) is 9.47 Å². The summed E-state index contributed by atoms with van der Waals surface area (Å²) in [6.45, 7) is 1.26. The molecule has 2 rings (SSSR count). The number of hydrogen-bond acceptors (Lipinski definition) is 3. The predicted octanol–water partition coefficient (Wildman–Crippen LogP) is 0.664. The highest BCUT2D eigenvalue weighted by atomic mass is 16.7. The van der Waals surface area contributed by atoms with Gasteiger partial charge in [0.2, 0.25) is 0 Å².